The van der Waals surface area contributed by atoms with Gasteiger partial charge in [0.05, 0.1) is 0 Å². The number of anilines is 1. The van der Waals surface area contributed by atoms with Crippen LogP contribution in [0.15, 0.2) is 60.2 Å². The van der Waals surface area contributed by atoms with Crippen molar-refractivity contribution in [3.8, 4) is 0 Å². The third kappa shape index (κ3) is 5.64. The van der Waals surface area contributed by atoms with Gasteiger partial charge in [-0.2, -0.15) is 4.37 Å². The van der Waals surface area contributed by atoms with Crippen molar-refractivity contribution in [3.63, 3.8) is 0 Å². The van der Waals surface area contributed by atoms with Crippen molar-refractivity contribution in [1.29, 1.82) is 0 Å². The SMILES string of the molecule is Cc1ccc(Cc2nsc(N3CCN(C/C=C/C4=CCC(C)C=C4)CC3)n2)cc1. The highest BCUT2D eigenvalue weighted by molar-refractivity contribution is 7.09. The summed E-state index contributed by atoms with van der Waals surface area (Å²) in [6, 6.07) is 8.64. The van der Waals surface area contributed by atoms with E-state index < -0.39 is 0 Å². The van der Waals surface area contributed by atoms with Gasteiger partial charge in [-0.15, -0.1) is 0 Å². The molecule has 152 valence electrons. The summed E-state index contributed by atoms with van der Waals surface area (Å²) in [7, 11) is 0. The van der Waals surface area contributed by atoms with Gasteiger partial charge in [-0.05, 0) is 30.4 Å². The van der Waals surface area contributed by atoms with Gasteiger partial charge in [0, 0.05) is 50.7 Å². The molecule has 0 bridgehead atoms. The Labute approximate surface area is 178 Å². The van der Waals surface area contributed by atoms with Crippen LogP contribution in [0.4, 0.5) is 5.13 Å². The molecule has 2 heterocycles. The van der Waals surface area contributed by atoms with Crippen molar-refractivity contribution in [2.24, 2.45) is 5.92 Å². The molecule has 1 unspecified atom stereocenters. The molecule has 1 aliphatic carbocycles. The molecule has 5 heteroatoms. The fourth-order valence-electron chi connectivity index (χ4n) is 3.66. The molecule has 1 aromatic carbocycles. The number of piperazine rings is 1. The van der Waals surface area contributed by atoms with Gasteiger partial charge in [-0.3, -0.25) is 4.90 Å². The number of benzene rings is 1. The fraction of sp³-hybridized carbons (Fsp3) is 0.417. The summed E-state index contributed by atoms with van der Waals surface area (Å²) in [4.78, 5) is 9.68. The van der Waals surface area contributed by atoms with Crippen LogP contribution in [0, 0.1) is 12.8 Å². The zero-order valence-corrected chi connectivity index (χ0v) is 18.2. The van der Waals surface area contributed by atoms with Crippen LogP contribution in [0.3, 0.4) is 0 Å². The molecule has 1 aromatic heterocycles. The Balaban J connectivity index is 1.24. The van der Waals surface area contributed by atoms with E-state index in [2.05, 4.69) is 82.7 Å². The first-order chi connectivity index (χ1) is 14.2. The summed E-state index contributed by atoms with van der Waals surface area (Å²) in [5.41, 5.74) is 3.90. The molecule has 2 aliphatic rings. The van der Waals surface area contributed by atoms with Gasteiger partial charge in [0.1, 0.15) is 5.82 Å². The molecule has 2 aromatic rings. The average Bonchev–Trinajstić information content (AvgIpc) is 3.20. The quantitative estimate of drug-likeness (QED) is 0.700. The van der Waals surface area contributed by atoms with Gasteiger partial charge in [0.25, 0.3) is 0 Å². The molecule has 0 spiro atoms. The maximum absolute atomic E-state index is 4.79. The Morgan fingerprint density at radius 3 is 2.66 bits per heavy atom. The van der Waals surface area contributed by atoms with Crippen molar-refractivity contribution < 1.29 is 0 Å². The largest absolute Gasteiger partial charge is 0.344 e. The molecule has 0 N–H and O–H groups in total. The lowest BCUT2D eigenvalue weighted by molar-refractivity contribution is 0.284. The number of aromatic nitrogens is 2. The topological polar surface area (TPSA) is 32.3 Å². The molecule has 29 heavy (non-hydrogen) atoms. The summed E-state index contributed by atoms with van der Waals surface area (Å²) in [5, 5.41) is 1.06. The van der Waals surface area contributed by atoms with E-state index in [-0.39, 0.29) is 0 Å². The van der Waals surface area contributed by atoms with Crippen LogP contribution in [-0.4, -0.2) is 47.0 Å². The van der Waals surface area contributed by atoms with Gasteiger partial charge >= 0.3 is 0 Å². The van der Waals surface area contributed by atoms with Gasteiger partial charge in [0.2, 0.25) is 5.13 Å². The highest BCUT2D eigenvalue weighted by Gasteiger charge is 2.19. The lowest BCUT2D eigenvalue weighted by Gasteiger charge is -2.33. The molecule has 1 aliphatic heterocycles. The fourth-order valence-corrected chi connectivity index (χ4v) is 4.40. The second-order valence-electron chi connectivity index (χ2n) is 8.12. The van der Waals surface area contributed by atoms with E-state index in [1.165, 1.54) is 28.2 Å². The Kier molecular flexibility index (Phi) is 6.57. The number of allylic oxidation sites excluding steroid dienone is 5. The van der Waals surface area contributed by atoms with E-state index in [9.17, 15) is 0 Å². The highest BCUT2D eigenvalue weighted by atomic mass is 32.1. The molecular weight excluding hydrogens is 376 g/mol. The van der Waals surface area contributed by atoms with E-state index >= 15 is 0 Å². The standard InChI is InChI=1S/C24H30N4S/c1-19-5-9-21(10-6-19)4-3-13-27-14-16-28(17-15-27)24-25-23(26-29-24)18-22-11-7-20(2)8-12-22/h3-5,7-12,19H,6,13-18H2,1-2H3/b4-3+. The van der Waals surface area contributed by atoms with Crippen molar-refractivity contribution >= 4 is 16.7 Å². The second-order valence-corrected chi connectivity index (χ2v) is 8.85. The van der Waals surface area contributed by atoms with E-state index in [0.717, 1.165) is 56.5 Å². The molecular formula is C24H30N4S. The Hall–Kier alpha value is -2.24. The van der Waals surface area contributed by atoms with Crippen LogP contribution in [-0.2, 0) is 6.42 Å². The maximum Gasteiger partial charge on any atom is 0.205 e. The summed E-state index contributed by atoms with van der Waals surface area (Å²) >= 11 is 1.53. The molecule has 1 saturated heterocycles. The Bertz CT molecular complexity index is 886. The molecule has 0 amide bonds. The Morgan fingerprint density at radius 2 is 1.93 bits per heavy atom. The molecule has 1 fully saturated rings. The lowest BCUT2D eigenvalue weighted by Crippen LogP contribution is -2.46. The first-order valence-electron chi connectivity index (χ1n) is 10.6. The van der Waals surface area contributed by atoms with Gasteiger partial charge in [-0.25, -0.2) is 4.98 Å². The predicted molar refractivity (Wildman–Crippen MR) is 123 cm³/mol. The minimum atomic E-state index is 0.679. The first-order valence-corrected chi connectivity index (χ1v) is 11.3. The summed E-state index contributed by atoms with van der Waals surface area (Å²) < 4.78 is 4.59. The monoisotopic (exact) mass is 406 g/mol. The summed E-state index contributed by atoms with van der Waals surface area (Å²) in [6.07, 6.45) is 13.4. The third-order valence-corrected chi connectivity index (χ3v) is 6.41. The Morgan fingerprint density at radius 1 is 1.14 bits per heavy atom. The van der Waals surface area contributed by atoms with Crippen molar-refractivity contribution in [2.45, 2.75) is 26.7 Å². The van der Waals surface area contributed by atoms with Gasteiger partial charge < -0.3 is 4.90 Å². The second kappa shape index (κ2) is 9.51. The number of nitrogens with zero attached hydrogens (tertiary/aromatic N) is 4. The van der Waals surface area contributed by atoms with E-state index in [1.807, 2.05) is 0 Å². The minimum Gasteiger partial charge on any atom is -0.344 e. The van der Waals surface area contributed by atoms with Crippen LogP contribution >= 0.6 is 11.5 Å². The number of aryl methyl sites for hydroxylation is 1. The smallest absolute Gasteiger partial charge is 0.205 e. The number of hydrogen-bond acceptors (Lipinski definition) is 5. The zero-order valence-electron chi connectivity index (χ0n) is 17.4. The maximum atomic E-state index is 4.79. The minimum absolute atomic E-state index is 0.679. The highest BCUT2D eigenvalue weighted by Crippen LogP contribution is 2.21. The summed E-state index contributed by atoms with van der Waals surface area (Å²) in [5.74, 6) is 1.61. The van der Waals surface area contributed by atoms with Gasteiger partial charge in [-0.1, -0.05) is 67.1 Å². The van der Waals surface area contributed by atoms with Gasteiger partial charge in [0.15, 0.2) is 0 Å². The van der Waals surface area contributed by atoms with E-state index in [1.54, 1.807) is 0 Å². The van der Waals surface area contributed by atoms with Crippen LogP contribution < -0.4 is 4.90 Å². The van der Waals surface area contributed by atoms with Crippen LogP contribution in [0.1, 0.15) is 30.3 Å². The van der Waals surface area contributed by atoms with E-state index in [4.69, 9.17) is 4.98 Å². The third-order valence-electron chi connectivity index (χ3n) is 5.60. The van der Waals surface area contributed by atoms with Crippen molar-refractivity contribution in [2.75, 3.05) is 37.6 Å². The van der Waals surface area contributed by atoms with Crippen molar-refractivity contribution in [1.82, 2.24) is 14.3 Å². The van der Waals surface area contributed by atoms with E-state index in [0.29, 0.717) is 5.92 Å². The molecule has 1 atom stereocenters. The molecule has 4 rings (SSSR count). The molecule has 0 saturated carbocycles. The summed E-state index contributed by atoms with van der Waals surface area (Å²) in [6.45, 7) is 9.58. The zero-order chi connectivity index (χ0) is 20.1. The molecule has 4 nitrogen and oxygen atoms in total. The molecule has 0 radical (unpaired) electrons. The number of hydrogen-bond donors (Lipinski definition) is 0. The average molecular weight is 407 g/mol. The lowest BCUT2D eigenvalue weighted by atomic mass is 9.98. The first kappa shape index (κ1) is 20.0. The van der Waals surface area contributed by atoms with Crippen LogP contribution in [0.2, 0.25) is 0 Å². The normalized spacial score (nSPS) is 20.4. The number of rotatable bonds is 6. The van der Waals surface area contributed by atoms with Crippen LogP contribution in [0.25, 0.3) is 0 Å². The predicted octanol–water partition coefficient (Wildman–Crippen LogP) is 4.64. The van der Waals surface area contributed by atoms with Crippen LogP contribution in [0.5, 0.6) is 0 Å². The van der Waals surface area contributed by atoms with Crippen molar-refractivity contribution in [3.05, 3.63) is 77.2 Å².